The number of anilines is 2. The predicted molar refractivity (Wildman–Crippen MR) is 83.0 cm³/mol. The maximum Gasteiger partial charge on any atom is 0.247 e. The summed E-state index contributed by atoms with van der Waals surface area (Å²) in [6.07, 6.45) is 1.72. The van der Waals surface area contributed by atoms with Gasteiger partial charge in [-0.05, 0) is 36.7 Å². The van der Waals surface area contributed by atoms with Crippen molar-refractivity contribution in [3.05, 3.63) is 10.7 Å². The molecule has 0 radical (unpaired) electrons. The van der Waals surface area contributed by atoms with Gasteiger partial charge in [-0.1, -0.05) is 0 Å². The molecule has 1 aromatic rings. The SMILES string of the molecule is CCNc1ncc(Br)c(N2CCN(C)C(=O)C2(C)C)n1. The van der Waals surface area contributed by atoms with Gasteiger partial charge in [-0.3, -0.25) is 4.79 Å². The molecule has 1 aliphatic rings. The van der Waals surface area contributed by atoms with Crippen LogP contribution in [0.2, 0.25) is 0 Å². The van der Waals surface area contributed by atoms with Crippen LogP contribution in [0.3, 0.4) is 0 Å². The van der Waals surface area contributed by atoms with Crippen molar-refractivity contribution in [1.82, 2.24) is 14.9 Å². The van der Waals surface area contributed by atoms with E-state index in [2.05, 4.69) is 31.2 Å². The highest BCUT2D eigenvalue weighted by molar-refractivity contribution is 9.10. The van der Waals surface area contributed by atoms with Crippen LogP contribution in [0.25, 0.3) is 0 Å². The molecule has 1 amide bonds. The number of piperazine rings is 1. The zero-order valence-corrected chi connectivity index (χ0v) is 13.9. The molecule has 110 valence electrons. The molecule has 1 aromatic heterocycles. The van der Waals surface area contributed by atoms with E-state index in [-0.39, 0.29) is 5.91 Å². The Kier molecular flexibility index (Phi) is 4.17. The Labute approximate surface area is 127 Å². The van der Waals surface area contributed by atoms with Gasteiger partial charge in [0, 0.05) is 32.9 Å². The van der Waals surface area contributed by atoms with Gasteiger partial charge in [0.05, 0.1) is 4.47 Å². The van der Waals surface area contributed by atoms with Gasteiger partial charge in [-0.2, -0.15) is 4.98 Å². The third kappa shape index (κ3) is 2.59. The van der Waals surface area contributed by atoms with Crippen molar-refractivity contribution < 1.29 is 4.79 Å². The van der Waals surface area contributed by atoms with E-state index in [1.165, 1.54) is 0 Å². The summed E-state index contributed by atoms with van der Waals surface area (Å²) in [5.41, 5.74) is -0.618. The van der Waals surface area contributed by atoms with E-state index in [9.17, 15) is 4.79 Å². The van der Waals surface area contributed by atoms with Gasteiger partial charge >= 0.3 is 0 Å². The van der Waals surface area contributed by atoms with E-state index in [4.69, 9.17) is 0 Å². The average molecular weight is 342 g/mol. The summed E-state index contributed by atoms with van der Waals surface area (Å²) in [7, 11) is 1.83. The number of carbonyl (C=O) groups is 1. The standard InChI is InChI=1S/C13H20BrN5O/c1-5-15-12-16-8-9(14)10(17-12)19-7-6-18(4)11(20)13(19,2)3/h8H,5-7H2,1-4H3,(H,15,16,17). The molecule has 20 heavy (non-hydrogen) atoms. The van der Waals surface area contributed by atoms with Crippen molar-refractivity contribution in [2.24, 2.45) is 0 Å². The fourth-order valence-corrected chi connectivity index (χ4v) is 2.78. The monoisotopic (exact) mass is 341 g/mol. The van der Waals surface area contributed by atoms with Crippen molar-refractivity contribution in [2.45, 2.75) is 26.3 Å². The van der Waals surface area contributed by atoms with Crippen LogP contribution in [-0.4, -0.2) is 53.0 Å². The minimum atomic E-state index is -0.618. The van der Waals surface area contributed by atoms with E-state index in [1.807, 2.05) is 32.7 Å². The summed E-state index contributed by atoms with van der Waals surface area (Å²) in [5.74, 6) is 1.43. The number of amides is 1. The fraction of sp³-hybridized carbons (Fsp3) is 0.615. The molecule has 7 heteroatoms. The number of rotatable bonds is 3. The highest BCUT2D eigenvalue weighted by atomic mass is 79.9. The van der Waals surface area contributed by atoms with E-state index >= 15 is 0 Å². The molecule has 2 rings (SSSR count). The molecule has 0 aromatic carbocycles. The summed E-state index contributed by atoms with van der Waals surface area (Å²) in [5, 5.41) is 3.10. The lowest BCUT2D eigenvalue weighted by molar-refractivity contribution is -0.136. The molecular weight excluding hydrogens is 322 g/mol. The number of likely N-dealkylation sites (N-methyl/N-ethyl adjacent to an activating group) is 1. The molecule has 1 aliphatic heterocycles. The van der Waals surface area contributed by atoms with E-state index in [0.29, 0.717) is 12.5 Å². The first-order valence-corrected chi connectivity index (χ1v) is 7.46. The Morgan fingerprint density at radius 3 is 2.80 bits per heavy atom. The molecule has 0 spiro atoms. The second kappa shape index (κ2) is 5.55. The summed E-state index contributed by atoms with van der Waals surface area (Å²) >= 11 is 3.48. The first-order valence-electron chi connectivity index (χ1n) is 6.67. The van der Waals surface area contributed by atoms with Crippen molar-refractivity contribution >= 4 is 33.6 Å². The molecule has 1 fully saturated rings. The van der Waals surface area contributed by atoms with Crippen LogP contribution in [0.1, 0.15) is 20.8 Å². The Morgan fingerprint density at radius 2 is 2.15 bits per heavy atom. The third-order valence-electron chi connectivity index (χ3n) is 3.52. The number of carbonyl (C=O) groups excluding carboxylic acids is 1. The second-order valence-corrected chi connectivity index (χ2v) is 6.19. The molecule has 6 nitrogen and oxygen atoms in total. The predicted octanol–water partition coefficient (Wildman–Crippen LogP) is 1.73. The molecule has 0 unspecified atom stereocenters. The summed E-state index contributed by atoms with van der Waals surface area (Å²) in [4.78, 5) is 24.9. The van der Waals surface area contributed by atoms with Gasteiger partial charge in [0.25, 0.3) is 0 Å². The first-order chi connectivity index (χ1) is 9.37. The van der Waals surface area contributed by atoms with Crippen molar-refractivity contribution in [1.29, 1.82) is 0 Å². The van der Waals surface area contributed by atoms with Gasteiger partial charge in [-0.25, -0.2) is 4.98 Å². The second-order valence-electron chi connectivity index (χ2n) is 5.33. The summed E-state index contributed by atoms with van der Waals surface area (Å²) in [6, 6.07) is 0. The van der Waals surface area contributed by atoms with Crippen LogP contribution in [0.15, 0.2) is 10.7 Å². The maximum absolute atomic E-state index is 12.4. The normalized spacial score (nSPS) is 18.4. The Hall–Kier alpha value is -1.37. The smallest absolute Gasteiger partial charge is 0.247 e. The highest BCUT2D eigenvalue weighted by Crippen LogP contribution is 2.32. The zero-order valence-electron chi connectivity index (χ0n) is 12.3. The number of hydrogen-bond acceptors (Lipinski definition) is 5. The van der Waals surface area contributed by atoms with Crippen LogP contribution in [0.4, 0.5) is 11.8 Å². The van der Waals surface area contributed by atoms with Gasteiger partial charge in [-0.15, -0.1) is 0 Å². The fourth-order valence-electron chi connectivity index (χ4n) is 2.37. The number of halogens is 1. The maximum atomic E-state index is 12.4. The number of nitrogens with zero attached hydrogens (tertiary/aromatic N) is 4. The summed E-state index contributed by atoms with van der Waals surface area (Å²) < 4.78 is 0.796. The number of nitrogens with one attached hydrogen (secondary N) is 1. The van der Waals surface area contributed by atoms with Crippen molar-refractivity contribution in [3.8, 4) is 0 Å². The largest absolute Gasteiger partial charge is 0.354 e. The molecule has 0 aliphatic carbocycles. The molecule has 2 heterocycles. The quantitative estimate of drug-likeness (QED) is 0.907. The Balaban J connectivity index is 2.39. The molecule has 1 saturated heterocycles. The first kappa shape index (κ1) is 15.0. The Morgan fingerprint density at radius 1 is 1.45 bits per heavy atom. The average Bonchev–Trinajstić information content (AvgIpc) is 2.39. The van der Waals surface area contributed by atoms with Crippen LogP contribution in [0.5, 0.6) is 0 Å². The van der Waals surface area contributed by atoms with E-state index < -0.39 is 5.54 Å². The van der Waals surface area contributed by atoms with Crippen molar-refractivity contribution in [2.75, 3.05) is 36.9 Å². The van der Waals surface area contributed by atoms with Crippen LogP contribution in [-0.2, 0) is 4.79 Å². The Bertz CT molecular complexity index is 519. The molecule has 0 saturated carbocycles. The zero-order chi connectivity index (χ0) is 14.9. The molecule has 0 bridgehead atoms. The molecule has 1 N–H and O–H groups in total. The lowest BCUT2D eigenvalue weighted by atomic mass is 9.98. The van der Waals surface area contributed by atoms with E-state index in [1.54, 1.807) is 11.1 Å². The number of aromatic nitrogens is 2. The lowest BCUT2D eigenvalue weighted by Gasteiger charge is -2.45. The van der Waals surface area contributed by atoms with Crippen LogP contribution >= 0.6 is 15.9 Å². The number of hydrogen-bond donors (Lipinski definition) is 1. The van der Waals surface area contributed by atoms with Gasteiger partial charge in [0.15, 0.2) is 0 Å². The molecule has 0 atom stereocenters. The third-order valence-corrected chi connectivity index (χ3v) is 4.08. The van der Waals surface area contributed by atoms with Crippen LogP contribution in [0, 0.1) is 0 Å². The topological polar surface area (TPSA) is 61.4 Å². The van der Waals surface area contributed by atoms with Gasteiger partial charge in [0.2, 0.25) is 11.9 Å². The lowest BCUT2D eigenvalue weighted by Crippen LogP contribution is -2.62. The van der Waals surface area contributed by atoms with Crippen molar-refractivity contribution in [3.63, 3.8) is 0 Å². The summed E-state index contributed by atoms with van der Waals surface area (Å²) in [6.45, 7) is 8.03. The molecular formula is C13H20BrN5O. The van der Waals surface area contributed by atoms with Gasteiger partial charge < -0.3 is 15.1 Å². The minimum Gasteiger partial charge on any atom is -0.354 e. The van der Waals surface area contributed by atoms with Gasteiger partial charge in [0.1, 0.15) is 11.4 Å². The highest BCUT2D eigenvalue weighted by Gasteiger charge is 2.41. The van der Waals surface area contributed by atoms with Crippen LogP contribution < -0.4 is 10.2 Å². The van der Waals surface area contributed by atoms with E-state index in [0.717, 1.165) is 23.4 Å². The minimum absolute atomic E-state index is 0.0965.